The molecule has 0 spiro atoms. The van der Waals surface area contributed by atoms with Crippen LogP contribution < -0.4 is 0 Å². The Morgan fingerprint density at radius 1 is 1.45 bits per heavy atom. The zero-order chi connectivity index (χ0) is 7.94. The van der Waals surface area contributed by atoms with Gasteiger partial charge < -0.3 is 4.57 Å². The summed E-state index contributed by atoms with van der Waals surface area (Å²) in [5.41, 5.74) is 0. The van der Waals surface area contributed by atoms with Gasteiger partial charge in [-0.15, -0.1) is 0 Å². The summed E-state index contributed by atoms with van der Waals surface area (Å²) in [4.78, 5) is 3.64. The summed E-state index contributed by atoms with van der Waals surface area (Å²) < 4.78 is 2.04. The van der Waals surface area contributed by atoms with Gasteiger partial charge in [-0.1, -0.05) is 0 Å². The minimum absolute atomic E-state index is 0.827. The highest BCUT2D eigenvalue weighted by atomic mass is 32.1. The van der Waals surface area contributed by atoms with Crippen LogP contribution in [0.5, 0.6) is 0 Å². The molecule has 1 aromatic rings. The van der Waals surface area contributed by atoms with Gasteiger partial charge in [-0.3, -0.25) is 0 Å². The molecule has 1 rings (SSSR count). The van der Waals surface area contributed by atoms with Crippen molar-refractivity contribution in [1.29, 1.82) is 0 Å². The molecule has 1 aromatic heterocycles. The van der Waals surface area contributed by atoms with E-state index in [1.54, 1.807) is 6.20 Å². The second-order valence-electron chi connectivity index (χ2n) is 1.98. The minimum atomic E-state index is 0.827. The second-order valence-corrected chi connectivity index (χ2v) is 2.17. The molecule has 0 aromatic carbocycles. The van der Waals surface area contributed by atoms with Gasteiger partial charge in [-0.2, -0.15) is 0 Å². The number of hydrogen-bond acceptors (Lipinski definition) is 2. The molecule has 2 nitrogen and oxygen atoms in total. The lowest BCUT2D eigenvalue weighted by Gasteiger charge is -1.92. The van der Waals surface area contributed by atoms with Crippen molar-refractivity contribution in [3.05, 3.63) is 36.8 Å². The number of allylic oxidation sites excluding steroid dienone is 1. The van der Waals surface area contributed by atoms with E-state index in [-0.39, 0.29) is 0 Å². The van der Waals surface area contributed by atoms with Crippen LogP contribution in [0.25, 0.3) is 0 Å². The largest absolute Gasteiger partial charge is 0.350 e. The van der Waals surface area contributed by atoms with Gasteiger partial charge >= 0.3 is 0 Å². The predicted molar refractivity (Wildman–Crippen MR) is 48.6 cm³/mol. The molecule has 0 aliphatic rings. The number of thiocarbonyl (C=S) groups is 1. The van der Waals surface area contributed by atoms with Gasteiger partial charge in [-0.25, -0.2) is 4.99 Å². The average molecular weight is 164 g/mol. The average Bonchev–Trinajstić information content (AvgIpc) is 2.50. The van der Waals surface area contributed by atoms with Crippen LogP contribution in [0.2, 0.25) is 0 Å². The summed E-state index contributed by atoms with van der Waals surface area (Å²) in [6.07, 6.45) is 7.54. The second kappa shape index (κ2) is 4.61. The van der Waals surface area contributed by atoms with Gasteiger partial charge in [0.1, 0.15) is 0 Å². The molecule has 0 atom stereocenters. The number of aromatic nitrogens is 1. The van der Waals surface area contributed by atoms with Crippen LogP contribution in [0.15, 0.2) is 41.8 Å². The predicted octanol–water partition coefficient (Wildman–Crippen LogP) is 2.10. The lowest BCUT2D eigenvalue weighted by Crippen LogP contribution is -1.88. The molecule has 0 radical (unpaired) electrons. The van der Waals surface area contributed by atoms with E-state index >= 15 is 0 Å². The minimum Gasteiger partial charge on any atom is -0.350 e. The van der Waals surface area contributed by atoms with Crippen molar-refractivity contribution in [2.45, 2.75) is 6.54 Å². The molecular formula is C8H8N2S. The molecule has 3 heteroatoms. The molecule has 0 aliphatic heterocycles. The number of isothiocyanates is 1. The van der Waals surface area contributed by atoms with Gasteiger partial charge in [0, 0.05) is 25.1 Å². The fourth-order valence-electron chi connectivity index (χ4n) is 0.744. The van der Waals surface area contributed by atoms with Gasteiger partial charge in [-0.05, 0) is 30.4 Å². The summed E-state index contributed by atoms with van der Waals surface area (Å²) in [6, 6.07) is 3.96. The van der Waals surface area contributed by atoms with E-state index in [0.29, 0.717) is 0 Å². The Kier molecular flexibility index (Phi) is 3.32. The topological polar surface area (TPSA) is 17.3 Å². The Bertz CT molecular complexity index is 268. The van der Waals surface area contributed by atoms with E-state index in [0.717, 1.165) is 6.54 Å². The molecule has 0 unspecified atom stereocenters. The van der Waals surface area contributed by atoms with Gasteiger partial charge in [0.2, 0.25) is 0 Å². The van der Waals surface area contributed by atoms with Crippen LogP contribution in [0, 0.1) is 0 Å². The molecule has 56 valence electrons. The molecule has 0 amide bonds. The Hall–Kier alpha value is -1.18. The summed E-state index contributed by atoms with van der Waals surface area (Å²) in [5, 5.41) is 2.26. The third-order valence-electron chi connectivity index (χ3n) is 1.22. The van der Waals surface area contributed by atoms with Crippen molar-refractivity contribution in [1.82, 2.24) is 4.57 Å². The summed E-state index contributed by atoms with van der Waals surface area (Å²) >= 11 is 4.39. The van der Waals surface area contributed by atoms with Gasteiger partial charge in [0.25, 0.3) is 0 Å². The lowest BCUT2D eigenvalue weighted by molar-refractivity contribution is 0.829. The highest BCUT2D eigenvalue weighted by Gasteiger charge is 1.80. The number of nitrogens with zero attached hydrogens (tertiary/aromatic N) is 2. The van der Waals surface area contributed by atoms with E-state index in [4.69, 9.17) is 0 Å². The molecule has 0 bridgehead atoms. The zero-order valence-electron chi connectivity index (χ0n) is 5.97. The Morgan fingerprint density at radius 3 is 2.82 bits per heavy atom. The Balaban J connectivity index is 2.39. The number of rotatable bonds is 3. The van der Waals surface area contributed by atoms with Crippen LogP contribution in [0.1, 0.15) is 0 Å². The van der Waals surface area contributed by atoms with E-state index in [1.807, 2.05) is 35.2 Å². The lowest BCUT2D eigenvalue weighted by atomic mass is 10.6. The summed E-state index contributed by atoms with van der Waals surface area (Å²) in [5.74, 6) is 0. The molecule has 0 N–H and O–H groups in total. The van der Waals surface area contributed by atoms with Crippen molar-refractivity contribution in [3.63, 3.8) is 0 Å². The first-order chi connectivity index (χ1) is 5.43. The number of aliphatic imine (C=N–C) groups is 1. The summed E-state index contributed by atoms with van der Waals surface area (Å²) in [7, 11) is 0. The van der Waals surface area contributed by atoms with Crippen LogP contribution in [-0.2, 0) is 6.54 Å². The molecular weight excluding hydrogens is 156 g/mol. The molecule has 11 heavy (non-hydrogen) atoms. The molecule has 0 saturated heterocycles. The van der Waals surface area contributed by atoms with E-state index < -0.39 is 0 Å². The van der Waals surface area contributed by atoms with Crippen LogP contribution >= 0.6 is 12.2 Å². The fraction of sp³-hybridized carbons (Fsp3) is 0.125. The standard InChI is InChI=1S/C8H8N2S/c11-8-9-4-3-7-10-5-1-2-6-10/h1-6H,7H2. The first kappa shape index (κ1) is 7.92. The zero-order valence-corrected chi connectivity index (χ0v) is 6.79. The molecule has 0 fully saturated rings. The van der Waals surface area contributed by atoms with Crippen molar-refractivity contribution < 1.29 is 0 Å². The highest BCUT2D eigenvalue weighted by Crippen LogP contribution is 1.89. The SMILES string of the molecule is S=C=NC=CCn1cccc1. The normalized spacial score (nSPS) is 9.82. The number of hydrogen-bond donors (Lipinski definition) is 0. The van der Waals surface area contributed by atoms with E-state index in [2.05, 4.69) is 22.4 Å². The smallest absolute Gasteiger partial charge is 0.0634 e. The third-order valence-corrected chi connectivity index (χ3v) is 1.32. The Morgan fingerprint density at radius 2 is 2.18 bits per heavy atom. The van der Waals surface area contributed by atoms with Crippen LogP contribution in [-0.4, -0.2) is 9.73 Å². The van der Waals surface area contributed by atoms with Crippen molar-refractivity contribution >= 4 is 17.4 Å². The van der Waals surface area contributed by atoms with Crippen molar-refractivity contribution in [2.75, 3.05) is 0 Å². The maximum atomic E-state index is 4.39. The first-order valence-electron chi connectivity index (χ1n) is 3.26. The fourth-order valence-corrected chi connectivity index (χ4v) is 0.805. The molecule has 0 saturated carbocycles. The van der Waals surface area contributed by atoms with E-state index in [1.165, 1.54) is 0 Å². The summed E-state index contributed by atoms with van der Waals surface area (Å²) in [6.45, 7) is 0.827. The van der Waals surface area contributed by atoms with Crippen molar-refractivity contribution in [3.8, 4) is 0 Å². The first-order valence-corrected chi connectivity index (χ1v) is 3.67. The third kappa shape index (κ3) is 2.94. The van der Waals surface area contributed by atoms with Crippen LogP contribution in [0.3, 0.4) is 0 Å². The monoisotopic (exact) mass is 164 g/mol. The maximum absolute atomic E-state index is 4.39. The van der Waals surface area contributed by atoms with Crippen molar-refractivity contribution in [2.24, 2.45) is 4.99 Å². The quantitative estimate of drug-likeness (QED) is 0.494. The molecule has 1 heterocycles. The maximum Gasteiger partial charge on any atom is 0.0634 e. The van der Waals surface area contributed by atoms with Gasteiger partial charge in [0.05, 0.1) is 5.16 Å². The van der Waals surface area contributed by atoms with Gasteiger partial charge in [0.15, 0.2) is 0 Å². The van der Waals surface area contributed by atoms with Crippen LogP contribution in [0.4, 0.5) is 0 Å². The highest BCUT2D eigenvalue weighted by molar-refractivity contribution is 7.78. The van der Waals surface area contributed by atoms with E-state index in [9.17, 15) is 0 Å². The molecule has 0 aliphatic carbocycles. The Labute approximate surface area is 70.9 Å².